The van der Waals surface area contributed by atoms with Crippen molar-refractivity contribution in [3.05, 3.63) is 46.7 Å². The molecular formula is C14H13ClN4O3S. The number of thioether (sulfide) groups is 1. The molecule has 2 rings (SSSR count). The van der Waals surface area contributed by atoms with Crippen molar-refractivity contribution in [1.29, 1.82) is 0 Å². The second-order valence-electron chi connectivity index (χ2n) is 4.20. The molecule has 0 atom stereocenters. The predicted molar refractivity (Wildman–Crippen MR) is 86.7 cm³/mol. The third-order valence-electron chi connectivity index (χ3n) is 2.79. The van der Waals surface area contributed by atoms with Crippen LogP contribution in [0.1, 0.15) is 20.7 Å². The summed E-state index contributed by atoms with van der Waals surface area (Å²) < 4.78 is 5.01. The van der Waals surface area contributed by atoms with E-state index in [0.29, 0.717) is 16.5 Å². The number of rotatable bonds is 4. The van der Waals surface area contributed by atoms with Crippen LogP contribution in [0.3, 0.4) is 0 Å². The number of hydrogen-bond acceptors (Lipinski definition) is 6. The van der Waals surface area contributed by atoms with Crippen LogP contribution in [-0.2, 0) is 0 Å². The minimum Gasteiger partial charge on any atom is -0.497 e. The number of amides is 2. The highest BCUT2D eigenvalue weighted by atomic mass is 35.5. The van der Waals surface area contributed by atoms with Crippen molar-refractivity contribution in [3.8, 4) is 5.75 Å². The molecule has 0 bridgehead atoms. The maximum Gasteiger partial charge on any atom is 0.274 e. The van der Waals surface area contributed by atoms with E-state index in [1.807, 2.05) is 0 Å². The standard InChI is InChI=1S/C14H13ClN4O3S/c1-22-9-5-3-8(4-6-9)12(20)18-19-13(21)10-7-16-14(23-2)17-11(10)15/h3-7H,1-2H3,(H,18,20)(H,19,21). The number of carbonyl (C=O) groups excluding carboxylic acids is 2. The maximum atomic E-state index is 12.0. The summed E-state index contributed by atoms with van der Waals surface area (Å²) in [6.07, 6.45) is 3.09. The van der Waals surface area contributed by atoms with Gasteiger partial charge in [-0.2, -0.15) is 0 Å². The minimum atomic E-state index is -0.607. The fourth-order valence-electron chi connectivity index (χ4n) is 1.59. The third-order valence-corrected chi connectivity index (χ3v) is 3.64. The fraction of sp³-hybridized carbons (Fsp3) is 0.143. The van der Waals surface area contributed by atoms with Crippen molar-refractivity contribution in [2.24, 2.45) is 0 Å². The average Bonchev–Trinajstić information content (AvgIpc) is 2.59. The molecule has 1 aromatic heterocycles. The Morgan fingerprint density at radius 1 is 1.17 bits per heavy atom. The first-order chi connectivity index (χ1) is 11.0. The predicted octanol–water partition coefficient (Wildman–Crippen LogP) is 1.94. The van der Waals surface area contributed by atoms with E-state index in [4.69, 9.17) is 16.3 Å². The van der Waals surface area contributed by atoms with Gasteiger partial charge in [0.25, 0.3) is 11.8 Å². The SMILES string of the molecule is COc1ccc(C(=O)NNC(=O)c2cnc(SC)nc2Cl)cc1. The first-order valence-electron chi connectivity index (χ1n) is 6.36. The fourth-order valence-corrected chi connectivity index (χ4v) is 2.20. The molecule has 0 aliphatic rings. The van der Waals surface area contributed by atoms with E-state index in [2.05, 4.69) is 20.8 Å². The second kappa shape index (κ2) is 7.80. The number of halogens is 1. The molecule has 0 unspecified atom stereocenters. The zero-order valence-corrected chi connectivity index (χ0v) is 13.9. The number of hydrazine groups is 1. The van der Waals surface area contributed by atoms with Crippen LogP contribution in [0, 0.1) is 0 Å². The number of nitrogens with one attached hydrogen (secondary N) is 2. The van der Waals surface area contributed by atoms with Crippen molar-refractivity contribution >= 4 is 35.2 Å². The highest BCUT2D eigenvalue weighted by Crippen LogP contribution is 2.16. The van der Waals surface area contributed by atoms with Gasteiger partial charge in [-0.05, 0) is 30.5 Å². The molecule has 0 spiro atoms. The number of nitrogens with zero attached hydrogens (tertiary/aromatic N) is 2. The van der Waals surface area contributed by atoms with Crippen LogP contribution in [0.5, 0.6) is 5.75 Å². The lowest BCUT2D eigenvalue weighted by Crippen LogP contribution is -2.41. The summed E-state index contributed by atoms with van der Waals surface area (Å²) in [5.74, 6) is -0.452. The Labute approximate surface area is 141 Å². The zero-order chi connectivity index (χ0) is 16.8. The normalized spacial score (nSPS) is 10.0. The van der Waals surface area contributed by atoms with Crippen molar-refractivity contribution in [2.75, 3.05) is 13.4 Å². The lowest BCUT2D eigenvalue weighted by molar-refractivity contribution is 0.0846. The van der Waals surface area contributed by atoms with E-state index in [9.17, 15) is 9.59 Å². The Hall–Kier alpha value is -2.32. The smallest absolute Gasteiger partial charge is 0.274 e. The summed E-state index contributed by atoms with van der Waals surface area (Å²) in [7, 11) is 1.53. The van der Waals surface area contributed by atoms with Gasteiger partial charge >= 0.3 is 0 Å². The molecule has 0 radical (unpaired) electrons. The molecule has 0 fully saturated rings. The van der Waals surface area contributed by atoms with Gasteiger partial charge in [-0.1, -0.05) is 23.4 Å². The molecule has 2 N–H and O–H groups in total. The Balaban J connectivity index is 1.99. The van der Waals surface area contributed by atoms with Gasteiger partial charge in [0, 0.05) is 11.8 Å². The number of aromatic nitrogens is 2. The summed E-state index contributed by atoms with van der Waals surface area (Å²) in [5, 5.41) is 0.467. The molecule has 2 aromatic rings. The van der Waals surface area contributed by atoms with Crippen LogP contribution in [0.4, 0.5) is 0 Å². The minimum absolute atomic E-state index is 0.0144. The van der Waals surface area contributed by atoms with E-state index >= 15 is 0 Å². The van der Waals surface area contributed by atoms with Gasteiger partial charge < -0.3 is 4.74 Å². The lowest BCUT2D eigenvalue weighted by atomic mass is 10.2. The van der Waals surface area contributed by atoms with Gasteiger partial charge in [0.1, 0.15) is 10.9 Å². The van der Waals surface area contributed by atoms with Crippen LogP contribution in [0.25, 0.3) is 0 Å². The number of hydrogen-bond donors (Lipinski definition) is 2. The molecule has 0 aliphatic carbocycles. The van der Waals surface area contributed by atoms with Crippen LogP contribution in [-0.4, -0.2) is 35.1 Å². The van der Waals surface area contributed by atoms with Crippen molar-refractivity contribution in [3.63, 3.8) is 0 Å². The molecule has 1 heterocycles. The van der Waals surface area contributed by atoms with E-state index in [1.165, 1.54) is 25.1 Å². The summed E-state index contributed by atoms with van der Waals surface area (Å²) in [5.41, 5.74) is 4.99. The van der Waals surface area contributed by atoms with Crippen molar-refractivity contribution < 1.29 is 14.3 Å². The van der Waals surface area contributed by atoms with Crippen molar-refractivity contribution in [1.82, 2.24) is 20.8 Å². The Bertz CT molecular complexity index is 724. The Kier molecular flexibility index (Phi) is 5.78. The first kappa shape index (κ1) is 17.0. The molecule has 7 nitrogen and oxygen atoms in total. The van der Waals surface area contributed by atoms with Gasteiger partial charge in [0.15, 0.2) is 5.16 Å². The largest absolute Gasteiger partial charge is 0.497 e. The number of methoxy groups -OCH3 is 1. The molecule has 2 amide bonds. The second-order valence-corrected chi connectivity index (χ2v) is 5.33. The van der Waals surface area contributed by atoms with Crippen LogP contribution < -0.4 is 15.6 Å². The molecule has 0 aliphatic heterocycles. The van der Waals surface area contributed by atoms with Crippen LogP contribution in [0.2, 0.25) is 5.15 Å². The molecule has 1 aromatic carbocycles. The average molecular weight is 353 g/mol. The number of ether oxygens (including phenoxy) is 1. The highest BCUT2D eigenvalue weighted by molar-refractivity contribution is 7.98. The summed E-state index contributed by atoms with van der Waals surface area (Å²) in [4.78, 5) is 31.8. The summed E-state index contributed by atoms with van der Waals surface area (Å²) >= 11 is 7.22. The monoisotopic (exact) mass is 352 g/mol. The highest BCUT2D eigenvalue weighted by Gasteiger charge is 2.14. The number of carbonyl (C=O) groups is 2. The van der Waals surface area contributed by atoms with Gasteiger partial charge in [-0.25, -0.2) is 9.97 Å². The quantitative estimate of drug-likeness (QED) is 0.378. The topological polar surface area (TPSA) is 93.2 Å². The molecule has 9 heteroatoms. The molecule has 120 valence electrons. The lowest BCUT2D eigenvalue weighted by Gasteiger charge is -2.08. The number of benzene rings is 1. The third kappa shape index (κ3) is 4.33. The summed E-state index contributed by atoms with van der Waals surface area (Å²) in [6.45, 7) is 0. The Morgan fingerprint density at radius 3 is 2.39 bits per heavy atom. The van der Waals surface area contributed by atoms with Gasteiger partial charge in [0.2, 0.25) is 0 Å². The zero-order valence-electron chi connectivity index (χ0n) is 12.3. The van der Waals surface area contributed by atoms with Crippen LogP contribution in [0.15, 0.2) is 35.6 Å². The van der Waals surface area contributed by atoms with E-state index < -0.39 is 11.8 Å². The van der Waals surface area contributed by atoms with Crippen LogP contribution >= 0.6 is 23.4 Å². The van der Waals surface area contributed by atoms with E-state index in [1.54, 1.807) is 30.5 Å². The summed E-state index contributed by atoms with van der Waals surface area (Å²) in [6, 6.07) is 6.43. The van der Waals surface area contributed by atoms with Gasteiger partial charge in [-0.3, -0.25) is 20.4 Å². The Morgan fingerprint density at radius 2 is 1.83 bits per heavy atom. The van der Waals surface area contributed by atoms with Gasteiger partial charge in [-0.15, -0.1) is 0 Å². The van der Waals surface area contributed by atoms with E-state index in [-0.39, 0.29) is 10.7 Å². The van der Waals surface area contributed by atoms with Crippen molar-refractivity contribution in [2.45, 2.75) is 5.16 Å². The molecular weight excluding hydrogens is 340 g/mol. The van der Waals surface area contributed by atoms with E-state index in [0.717, 1.165) is 0 Å². The molecule has 0 saturated heterocycles. The molecule has 0 saturated carbocycles. The maximum absolute atomic E-state index is 12.0. The first-order valence-corrected chi connectivity index (χ1v) is 7.96. The molecule has 23 heavy (non-hydrogen) atoms. The van der Waals surface area contributed by atoms with Gasteiger partial charge in [0.05, 0.1) is 12.7 Å².